The third-order valence-electron chi connectivity index (χ3n) is 2.20. The molecule has 0 radical (unpaired) electrons. The van der Waals surface area contributed by atoms with Gasteiger partial charge in [0.2, 0.25) is 0 Å². The summed E-state index contributed by atoms with van der Waals surface area (Å²) in [5.41, 5.74) is 6.47. The zero-order valence-electron chi connectivity index (χ0n) is 8.97. The van der Waals surface area contributed by atoms with Crippen LogP contribution in [0.1, 0.15) is 15.9 Å². The second kappa shape index (κ2) is 4.34. The number of thiocarbonyl (C=S) groups is 1. The van der Waals surface area contributed by atoms with Crippen LogP contribution in [0.2, 0.25) is 0 Å². The molecule has 0 bridgehead atoms. The summed E-state index contributed by atoms with van der Waals surface area (Å²) in [6.45, 7) is 0. The van der Waals surface area contributed by atoms with E-state index in [0.717, 1.165) is 0 Å². The van der Waals surface area contributed by atoms with Gasteiger partial charge in [-0.1, -0.05) is 12.2 Å². The second-order valence-corrected chi connectivity index (χ2v) is 3.78. The van der Waals surface area contributed by atoms with E-state index in [1.165, 1.54) is 23.3 Å². The highest BCUT2D eigenvalue weighted by Crippen LogP contribution is 2.14. The molecule has 0 atom stereocenters. The first kappa shape index (κ1) is 11.3. The number of aryl methyl sites for hydroxylation is 1. The Balaban J connectivity index is 2.27. The van der Waals surface area contributed by atoms with Crippen LogP contribution in [0.5, 0.6) is 0 Å². The molecular formula is C9H10N6OS. The van der Waals surface area contributed by atoms with Crippen molar-refractivity contribution in [2.75, 3.05) is 5.32 Å². The molecule has 0 unspecified atom stereocenters. The molecule has 88 valence electrons. The number of hydrogen-bond donors (Lipinski definition) is 3. The van der Waals surface area contributed by atoms with Gasteiger partial charge in [-0.2, -0.15) is 10.2 Å². The van der Waals surface area contributed by atoms with E-state index in [1.54, 1.807) is 7.05 Å². The number of aromatic amines is 1. The first-order valence-electron chi connectivity index (χ1n) is 4.71. The molecule has 2 aromatic heterocycles. The molecule has 0 saturated carbocycles. The average Bonchev–Trinajstić information content (AvgIpc) is 2.89. The minimum absolute atomic E-state index is 0.181. The van der Waals surface area contributed by atoms with Crippen LogP contribution in [0.4, 0.5) is 5.82 Å². The van der Waals surface area contributed by atoms with Crippen LogP contribution in [0.3, 0.4) is 0 Å². The van der Waals surface area contributed by atoms with Crippen molar-refractivity contribution in [2.24, 2.45) is 12.8 Å². The Hall–Kier alpha value is -2.22. The highest BCUT2D eigenvalue weighted by atomic mass is 32.1. The fraction of sp³-hybridized carbons (Fsp3) is 0.111. The predicted octanol–water partition coefficient (Wildman–Crippen LogP) is 0.0297. The van der Waals surface area contributed by atoms with E-state index in [0.29, 0.717) is 16.9 Å². The normalized spacial score (nSPS) is 10.2. The van der Waals surface area contributed by atoms with Gasteiger partial charge in [-0.05, 0) is 0 Å². The van der Waals surface area contributed by atoms with Crippen LogP contribution in [-0.2, 0) is 7.05 Å². The maximum Gasteiger partial charge on any atom is 0.260 e. The summed E-state index contributed by atoms with van der Waals surface area (Å²) >= 11 is 4.87. The van der Waals surface area contributed by atoms with Crippen molar-refractivity contribution in [3.8, 4) is 0 Å². The minimum atomic E-state index is -0.306. The number of amides is 1. The summed E-state index contributed by atoms with van der Waals surface area (Å²) in [6, 6.07) is 0. The molecule has 0 aromatic carbocycles. The van der Waals surface area contributed by atoms with Crippen molar-refractivity contribution in [3.63, 3.8) is 0 Å². The maximum absolute atomic E-state index is 11.8. The van der Waals surface area contributed by atoms with Crippen molar-refractivity contribution in [2.45, 2.75) is 0 Å². The largest absolute Gasteiger partial charge is 0.389 e. The van der Waals surface area contributed by atoms with Gasteiger partial charge in [0.05, 0.1) is 23.5 Å². The number of nitrogens with two attached hydrogens (primary N) is 1. The third-order valence-corrected chi connectivity index (χ3v) is 2.42. The molecule has 17 heavy (non-hydrogen) atoms. The highest BCUT2D eigenvalue weighted by molar-refractivity contribution is 7.80. The number of carbonyl (C=O) groups excluding carboxylic acids is 1. The van der Waals surface area contributed by atoms with Gasteiger partial charge in [-0.25, -0.2) is 0 Å². The Morgan fingerprint density at radius 3 is 2.94 bits per heavy atom. The number of aromatic nitrogens is 4. The van der Waals surface area contributed by atoms with Crippen LogP contribution in [0.25, 0.3) is 0 Å². The molecule has 2 heterocycles. The third kappa shape index (κ3) is 2.16. The van der Waals surface area contributed by atoms with Gasteiger partial charge in [0.15, 0.2) is 0 Å². The Morgan fingerprint density at radius 2 is 2.35 bits per heavy atom. The molecule has 8 heteroatoms. The summed E-state index contributed by atoms with van der Waals surface area (Å²) in [7, 11) is 1.69. The maximum atomic E-state index is 11.8. The number of anilines is 1. The summed E-state index contributed by atoms with van der Waals surface area (Å²) in [4.78, 5) is 12.0. The lowest BCUT2D eigenvalue weighted by Crippen LogP contribution is -2.18. The number of nitrogens with one attached hydrogen (secondary N) is 2. The van der Waals surface area contributed by atoms with E-state index < -0.39 is 0 Å². The van der Waals surface area contributed by atoms with E-state index >= 15 is 0 Å². The zero-order chi connectivity index (χ0) is 12.4. The summed E-state index contributed by atoms with van der Waals surface area (Å²) in [5.74, 6) is 0.156. The Kier molecular flexibility index (Phi) is 2.88. The van der Waals surface area contributed by atoms with E-state index in [-0.39, 0.29) is 10.9 Å². The molecule has 2 rings (SSSR count). The first-order valence-corrected chi connectivity index (χ1v) is 5.12. The van der Waals surface area contributed by atoms with E-state index in [2.05, 4.69) is 20.6 Å². The lowest BCUT2D eigenvalue weighted by Gasteiger charge is -2.06. The van der Waals surface area contributed by atoms with Crippen molar-refractivity contribution in [1.29, 1.82) is 0 Å². The standard InChI is InChI=1S/C9H10N6OS/c1-15-8(6(4-13-15)7(10)17)14-9(16)5-2-11-12-3-5/h2-4H,1H3,(H2,10,17)(H,11,12)(H,14,16). The Bertz CT molecular complexity index is 558. The molecule has 0 spiro atoms. The van der Waals surface area contributed by atoms with Gasteiger partial charge < -0.3 is 11.1 Å². The molecule has 0 fully saturated rings. The van der Waals surface area contributed by atoms with Gasteiger partial charge >= 0.3 is 0 Å². The van der Waals surface area contributed by atoms with Gasteiger partial charge in [0.1, 0.15) is 10.8 Å². The SMILES string of the molecule is Cn1ncc(C(N)=S)c1NC(=O)c1cn[nH]c1. The quantitative estimate of drug-likeness (QED) is 0.667. The Morgan fingerprint density at radius 1 is 1.59 bits per heavy atom. The molecule has 7 nitrogen and oxygen atoms in total. The predicted molar refractivity (Wildman–Crippen MR) is 65.6 cm³/mol. The smallest absolute Gasteiger partial charge is 0.260 e. The van der Waals surface area contributed by atoms with Crippen LogP contribution in [0.15, 0.2) is 18.6 Å². The first-order chi connectivity index (χ1) is 8.09. The molecule has 2 aromatic rings. The molecule has 0 aliphatic heterocycles. The number of carbonyl (C=O) groups is 1. The molecule has 0 saturated heterocycles. The van der Waals surface area contributed by atoms with E-state index in [4.69, 9.17) is 18.0 Å². The minimum Gasteiger partial charge on any atom is -0.389 e. The number of H-pyrrole nitrogens is 1. The van der Waals surface area contributed by atoms with Gasteiger partial charge in [-0.3, -0.25) is 14.6 Å². The molecule has 0 aliphatic rings. The van der Waals surface area contributed by atoms with Gasteiger partial charge in [-0.15, -0.1) is 0 Å². The highest BCUT2D eigenvalue weighted by Gasteiger charge is 2.15. The topological polar surface area (TPSA) is 102 Å². The second-order valence-electron chi connectivity index (χ2n) is 3.34. The lowest BCUT2D eigenvalue weighted by molar-refractivity contribution is 0.102. The van der Waals surface area contributed by atoms with E-state index in [9.17, 15) is 4.79 Å². The summed E-state index contributed by atoms with van der Waals surface area (Å²) < 4.78 is 1.49. The van der Waals surface area contributed by atoms with Crippen LogP contribution >= 0.6 is 12.2 Å². The summed E-state index contributed by atoms with van der Waals surface area (Å²) in [6.07, 6.45) is 4.42. The fourth-order valence-electron chi connectivity index (χ4n) is 1.32. The molecule has 1 amide bonds. The van der Waals surface area contributed by atoms with Gasteiger partial charge in [0.25, 0.3) is 5.91 Å². The number of rotatable bonds is 3. The fourth-order valence-corrected chi connectivity index (χ4v) is 1.47. The van der Waals surface area contributed by atoms with Crippen molar-refractivity contribution >= 4 is 28.9 Å². The zero-order valence-corrected chi connectivity index (χ0v) is 9.78. The van der Waals surface area contributed by atoms with Crippen molar-refractivity contribution in [1.82, 2.24) is 20.0 Å². The monoisotopic (exact) mass is 250 g/mol. The number of hydrogen-bond acceptors (Lipinski definition) is 4. The van der Waals surface area contributed by atoms with Crippen LogP contribution in [-0.4, -0.2) is 30.9 Å². The average molecular weight is 250 g/mol. The van der Waals surface area contributed by atoms with Crippen molar-refractivity contribution < 1.29 is 4.79 Å². The summed E-state index contributed by atoms with van der Waals surface area (Å²) in [5, 5.41) is 12.9. The van der Waals surface area contributed by atoms with Crippen molar-refractivity contribution in [3.05, 3.63) is 29.7 Å². The van der Waals surface area contributed by atoms with E-state index in [1.807, 2.05) is 0 Å². The molecule has 0 aliphatic carbocycles. The van der Waals surface area contributed by atoms with Crippen LogP contribution < -0.4 is 11.1 Å². The molecule has 4 N–H and O–H groups in total. The Labute approximate surface area is 102 Å². The van der Waals surface area contributed by atoms with Gasteiger partial charge in [0, 0.05) is 13.2 Å². The molecular weight excluding hydrogens is 240 g/mol. The lowest BCUT2D eigenvalue weighted by atomic mass is 10.3. The number of nitrogens with zero attached hydrogens (tertiary/aromatic N) is 3. The van der Waals surface area contributed by atoms with Crippen LogP contribution in [0, 0.1) is 0 Å².